The molecule has 1 aromatic carbocycles. The van der Waals surface area contributed by atoms with Crippen LogP contribution in [0.2, 0.25) is 0 Å². The van der Waals surface area contributed by atoms with Gasteiger partial charge in [-0.3, -0.25) is 0 Å². The average Bonchev–Trinajstić information content (AvgIpc) is 2.20. The highest BCUT2D eigenvalue weighted by atomic mass is 19.1. The topological polar surface area (TPSA) is 29.5 Å². The van der Waals surface area contributed by atoms with E-state index < -0.39 is 18.2 Å². The van der Waals surface area contributed by atoms with Crippen molar-refractivity contribution in [2.75, 3.05) is 6.61 Å². The molecule has 0 bridgehead atoms. The fraction of sp³-hybridized carbons (Fsp3) is 0.500. The molecule has 0 heterocycles. The second-order valence-corrected chi connectivity index (χ2v) is 4.06. The highest BCUT2D eigenvalue weighted by Crippen LogP contribution is 2.24. The molecule has 0 aliphatic carbocycles. The van der Waals surface area contributed by atoms with Crippen molar-refractivity contribution < 1.29 is 18.6 Å². The van der Waals surface area contributed by atoms with Crippen molar-refractivity contribution in [2.24, 2.45) is 5.92 Å². The normalized spacial score (nSPS) is 10.9. The third kappa shape index (κ3) is 3.45. The van der Waals surface area contributed by atoms with Crippen LogP contribution in [-0.2, 0) is 6.61 Å². The van der Waals surface area contributed by atoms with Crippen molar-refractivity contribution in [1.29, 1.82) is 0 Å². The Morgan fingerprint density at radius 2 is 2.00 bits per heavy atom. The summed E-state index contributed by atoms with van der Waals surface area (Å²) in [6.07, 6.45) is 0.779. The van der Waals surface area contributed by atoms with Gasteiger partial charge in [-0.2, -0.15) is 0 Å². The van der Waals surface area contributed by atoms with Gasteiger partial charge in [0.2, 0.25) is 0 Å². The molecule has 1 aromatic rings. The number of aliphatic hydroxyl groups is 1. The monoisotopic (exact) mass is 230 g/mol. The summed E-state index contributed by atoms with van der Waals surface area (Å²) in [5, 5.41) is 8.96. The predicted molar refractivity (Wildman–Crippen MR) is 57.2 cm³/mol. The van der Waals surface area contributed by atoms with Gasteiger partial charge in [0.05, 0.1) is 13.2 Å². The van der Waals surface area contributed by atoms with Crippen LogP contribution in [0.1, 0.15) is 25.8 Å². The molecule has 90 valence electrons. The molecule has 0 aliphatic heterocycles. The van der Waals surface area contributed by atoms with Crippen LogP contribution >= 0.6 is 0 Å². The molecule has 16 heavy (non-hydrogen) atoms. The number of benzene rings is 1. The van der Waals surface area contributed by atoms with E-state index in [0.717, 1.165) is 18.6 Å². The molecule has 0 amide bonds. The van der Waals surface area contributed by atoms with Gasteiger partial charge in [-0.1, -0.05) is 13.8 Å². The van der Waals surface area contributed by atoms with E-state index in [1.807, 2.05) is 13.8 Å². The second kappa shape index (κ2) is 5.80. The van der Waals surface area contributed by atoms with Gasteiger partial charge in [-0.05, 0) is 18.4 Å². The minimum absolute atomic E-state index is 0.0513. The van der Waals surface area contributed by atoms with Gasteiger partial charge in [0.15, 0.2) is 11.6 Å². The van der Waals surface area contributed by atoms with Crippen molar-refractivity contribution in [1.82, 2.24) is 0 Å². The molecule has 0 atom stereocenters. The van der Waals surface area contributed by atoms with Crippen LogP contribution in [0, 0.1) is 17.6 Å². The molecule has 0 spiro atoms. The maximum atomic E-state index is 13.3. The minimum atomic E-state index is -0.771. The number of hydrogen-bond donors (Lipinski definition) is 1. The molecule has 1 N–H and O–H groups in total. The van der Waals surface area contributed by atoms with E-state index in [1.165, 1.54) is 0 Å². The van der Waals surface area contributed by atoms with Gasteiger partial charge in [0.25, 0.3) is 0 Å². The van der Waals surface area contributed by atoms with Crippen LogP contribution in [0.3, 0.4) is 0 Å². The van der Waals surface area contributed by atoms with Gasteiger partial charge in [-0.15, -0.1) is 0 Å². The zero-order chi connectivity index (χ0) is 12.1. The summed E-state index contributed by atoms with van der Waals surface area (Å²) >= 11 is 0. The zero-order valence-corrected chi connectivity index (χ0v) is 9.46. The Hall–Kier alpha value is -1.16. The minimum Gasteiger partial charge on any atom is -0.490 e. The molecule has 0 radical (unpaired) electrons. The standard InChI is InChI=1S/C12H16F2O2/c1-8(2)3-4-16-12-9(7-15)5-10(13)6-11(12)14/h5-6,8,15H,3-4,7H2,1-2H3. The first kappa shape index (κ1) is 12.9. The van der Waals surface area contributed by atoms with Gasteiger partial charge >= 0.3 is 0 Å². The zero-order valence-electron chi connectivity index (χ0n) is 9.46. The van der Waals surface area contributed by atoms with Gasteiger partial charge in [0, 0.05) is 11.6 Å². The quantitative estimate of drug-likeness (QED) is 0.842. The predicted octanol–water partition coefficient (Wildman–Crippen LogP) is 2.88. The third-order valence-corrected chi connectivity index (χ3v) is 2.20. The van der Waals surface area contributed by atoms with Crippen LogP contribution < -0.4 is 4.74 Å². The smallest absolute Gasteiger partial charge is 0.168 e. The van der Waals surface area contributed by atoms with Crippen LogP contribution in [0.25, 0.3) is 0 Å². The van der Waals surface area contributed by atoms with E-state index in [0.29, 0.717) is 12.5 Å². The third-order valence-electron chi connectivity index (χ3n) is 2.20. The highest BCUT2D eigenvalue weighted by Gasteiger charge is 2.12. The molecule has 0 saturated heterocycles. The van der Waals surface area contributed by atoms with Crippen molar-refractivity contribution in [2.45, 2.75) is 26.9 Å². The lowest BCUT2D eigenvalue weighted by Gasteiger charge is -2.12. The number of aliphatic hydroxyl groups excluding tert-OH is 1. The Morgan fingerprint density at radius 1 is 1.31 bits per heavy atom. The van der Waals surface area contributed by atoms with Crippen molar-refractivity contribution in [3.05, 3.63) is 29.3 Å². The van der Waals surface area contributed by atoms with Crippen molar-refractivity contribution >= 4 is 0 Å². The van der Waals surface area contributed by atoms with E-state index in [9.17, 15) is 8.78 Å². The van der Waals surface area contributed by atoms with E-state index in [2.05, 4.69) is 0 Å². The summed E-state index contributed by atoms with van der Waals surface area (Å²) in [5.74, 6) is -1.09. The Labute approximate surface area is 93.9 Å². The number of rotatable bonds is 5. The summed E-state index contributed by atoms with van der Waals surface area (Å²) < 4.78 is 31.4. The number of halogens is 2. The molecular weight excluding hydrogens is 214 g/mol. The molecular formula is C12H16F2O2. The maximum Gasteiger partial charge on any atom is 0.168 e. The van der Waals surface area contributed by atoms with E-state index >= 15 is 0 Å². The lowest BCUT2D eigenvalue weighted by atomic mass is 10.1. The molecule has 0 aromatic heterocycles. The first-order valence-electron chi connectivity index (χ1n) is 5.26. The summed E-state index contributed by atoms with van der Waals surface area (Å²) in [4.78, 5) is 0. The Morgan fingerprint density at radius 3 is 2.56 bits per heavy atom. The van der Waals surface area contributed by atoms with Crippen LogP contribution in [-0.4, -0.2) is 11.7 Å². The first-order valence-corrected chi connectivity index (χ1v) is 5.26. The Bertz CT molecular complexity index is 351. The van der Waals surface area contributed by atoms with Crippen LogP contribution in [0.5, 0.6) is 5.75 Å². The van der Waals surface area contributed by atoms with E-state index in [-0.39, 0.29) is 11.3 Å². The van der Waals surface area contributed by atoms with Gasteiger partial charge in [0.1, 0.15) is 5.82 Å². The Kier molecular flexibility index (Phi) is 4.68. The average molecular weight is 230 g/mol. The molecule has 0 saturated carbocycles. The highest BCUT2D eigenvalue weighted by molar-refractivity contribution is 5.35. The van der Waals surface area contributed by atoms with Crippen molar-refractivity contribution in [3.63, 3.8) is 0 Å². The van der Waals surface area contributed by atoms with Crippen LogP contribution in [0.15, 0.2) is 12.1 Å². The lowest BCUT2D eigenvalue weighted by Crippen LogP contribution is -2.05. The second-order valence-electron chi connectivity index (χ2n) is 4.06. The first-order chi connectivity index (χ1) is 7.54. The maximum absolute atomic E-state index is 13.3. The van der Waals surface area contributed by atoms with Gasteiger partial charge in [-0.25, -0.2) is 8.78 Å². The summed E-state index contributed by atoms with van der Waals surface area (Å²) in [7, 11) is 0. The summed E-state index contributed by atoms with van der Waals surface area (Å²) in [6.45, 7) is 3.97. The summed E-state index contributed by atoms with van der Waals surface area (Å²) in [5.41, 5.74) is 0.140. The SMILES string of the molecule is CC(C)CCOc1c(F)cc(F)cc1CO. The van der Waals surface area contributed by atoms with Crippen molar-refractivity contribution in [3.8, 4) is 5.75 Å². The largest absolute Gasteiger partial charge is 0.490 e. The van der Waals surface area contributed by atoms with E-state index in [4.69, 9.17) is 9.84 Å². The molecule has 2 nitrogen and oxygen atoms in total. The van der Waals surface area contributed by atoms with Crippen LogP contribution in [0.4, 0.5) is 8.78 Å². The number of ether oxygens (including phenoxy) is 1. The fourth-order valence-corrected chi connectivity index (χ4v) is 1.29. The molecule has 0 aliphatic rings. The summed E-state index contributed by atoms with van der Waals surface area (Å²) in [6, 6.07) is 1.83. The molecule has 0 fully saturated rings. The molecule has 1 rings (SSSR count). The van der Waals surface area contributed by atoms with Gasteiger partial charge < -0.3 is 9.84 Å². The lowest BCUT2D eigenvalue weighted by molar-refractivity contribution is 0.246. The number of hydrogen-bond acceptors (Lipinski definition) is 2. The Balaban J connectivity index is 2.77. The molecule has 4 heteroatoms. The molecule has 0 unspecified atom stereocenters. The van der Waals surface area contributed by atoms with E-state index in [1.54, 1.807) is 0 Å². The fourth-order valence-electron chi connectivity index (χ4n) is 1.29.